The zero-order chi connectivity index (χ0) is 18.7. The normalized spacial score (nSPS) is 12.0. The molecule has 0 saturated carbocycles. The van der Waals surface area contributed by atoms with Crippen molar-refractivity contribution in [3.8, 4) is 17.0 Å². The summed E-state index contributed by atoms with van der Waals surface area (Å²) in [5.74, 6) is -0.717. The maximum atomic E-state index is 11.8. The zero-order valence-corrected chi connectivity index (χ0v) is 15.4. The average molecular weight is 391 g/mol. The van der Waals surface area contributed by atoms with Crippen LogP contribution in [0.3, 0.4) is 0 Å². The Kier molecular flexibility index (Phi) is 5.49. The predicted molar refractivity (Wildman–Crippen MR) is 101 cm³/mol. The van der Waals surface area contributed by atoms with Gasteiger partial charge in [0.2, 0.25) is 6.10 Å². The second-order valence-corrected chi connectivity index (χ2v) is 6.46. The zero-order valence-electron chi connectivity index (χ0n) is 13.9. The molecular formula is C19H16Cl2N2O3. The number of ether oxygens (including phenoxy) is 1. The Labute approximate surface area is 160 Å². The van der Waals surface area contributed by atoms with E-state index in [1.807, 2.05) is 19.2 Å². The number of carbonyl (C=O) groups is 1. The maximum Gasteiger partial charge on any atom is 0.349 e. The van der Waals surface area contributed by atoms with Gasteiger partial charge in [0.05, 0.1) is 5.69 Å². The van der Waals surface area contributed by atoms with Gasteiger partial charge in [-0.2, -0.15) is 5.10 Å². The topological polar surface area (TPSA) is 64.3 Å². The van der Waals surface area contributed by atoms with E-state index >= 15 is 0 Å². The van der Waals surface area contributed by atoms with Crippen molar-refractivity contribution >= 4 is 29.2 Å². The SMILES string of the molecule is CCn1ccc(-c2cc(Cl)ccc2OC(C(=O)O)c2ccc(Cl)cc2)n1. The van der Waals surface area contributed by atoms with Crippen LogP contribution in [0.5, 0.6) is 5.75 Å². The van der Waals surface area contributed by atoms with Crippen LogP contribution in [0.1, 0.15) is 18.6 Å². The molecule has 5 nitrogen and oxygen atoms in total. The lowest BCUT2D eigenvalue weighted by Gasteiger charge is -2.18. The third-order valence-corrected chi connectivity index (χ3v) is 4.31. The molecule has 0 spiro atoms. The summed E-state index contributed by atoms with van der Waals surface area (Å²) in [5.41, 5.74) is 1.77. The minimum atomic E-state index is -1.18. The molecule has 7 heteroatoms. The van der Waals surface area contributed by atoms with Crippen LogP contribution in [-0.2, 0) is 11.3 Å². The average Bonchev–Trinajstić information content (AvgIpc) is 3.10. The fourth-order valence-corrected chi connectivity index (χ4v) is 2.81. The van der Waals surface area contributed by atoms with Crippen molar-refractivity contribution in [1.82, 2.24) is 9.78 Å². The summed E-state index contributed by atoms with van der Waals surface area (Å²) >= 11 is 12.0. The molecule has 0 aliphatic heterocycles. The molecule has 1 atom stereocenters. The number of carboxylic acid groups (broad SMARTS) is 1. The largest absolute Gasteiger partial charge is 0.478 e. The van der Waals surface area contributed by atoms with Crippen LogP contribution >= 0.6 is 23.2 Å². The van der Waals surface area contributed by atoms with E-state index in [-0.39, 0.29) is 0 Å². The van der Waals surface area contributed by atoms with E-state index in [1.165, 1.54) is 0 Å². The van der Waals surface area contributed by atoms with Gasteiger partial charge in [-0.05, 0) is 43.3 Å². The number of nitrogens with zero attached hydrogens (tertiary/aromatic N) is 2. The third kappa shape index (κ3) is 4.00. The fraction of sp³-hybridized carbons (Fsp3) is 0.158. The van der Waals surface area contributed by atoms with E-state index in [1.54, 1.807) is 47.1 Å². The summed E-state index contributed by atoms with van der Waals surface area (Å²) in [4.78, 5) is 11.8. The van der Waals surface area contributed by atoms with Crippen LogP contribution in [0.15, 0.2) is 54.7 Å². The van der Waals surface area contributed by atoms with Crippen molar-refractivity contribution < 1.29 is 14.6 Å². The van der Waals surface area contributed by atoms with Gasteiger partial charge in [-0.15, -0.1) is 0 Å². The van der Waals surface area contributed by atoms with Gasteiger partial charge in [0, 0.05) is 33.9 Å². The molecule has 3 aromatic rings. The van der Waals surface area contributed by atoms with E-state index in [9.17, 15) is 9.90 Å². The summed E-state index contributed by atoms with van der Waals surface area (Å²) < 4.78 is 7.61. The lowest BCUT2D eigenvalue weighted by Crippen LogP contribution is -2.18. The highest BCUT2D eigenvalue weighted by Gasteiger charge is 2.24. The molecule has 0 bridgehead atoms. The van der Waals surface area contributed by atoms with Gasteiger partial charge in [0.1, 0.15) is 5.75 Å². The monoisotopic (exact) mass is 390 g/mol. The van der Waals surface area contributed by atoms with Gasteiger partial charge < -0.3 is 9.84 Å². The van der Waals surface area contributed by atoms with Crippen molar-refractivity contribution in [2.24, 2.45) is 0 Å². The Morgan fingerprint density at radius 2 is 1.85 bits per heavy atom. The lowest BCUT2D eigenvalue weighted by molar-refractivity contribution is -0.145. The number of benzene rings is 2. The van der Waals surface area contributed by atoms with Crippen LogP contribution in [0.2, 0.25) is 10.0 Å². The smallest absolute Gasteiger partial charge is 0.349 e. The molecule has 0 aliphatic carbocycles. The summed E-state index contributed by atoms with van der Waals surface area (Å²) in [6, 6.07) is 13.3. The van der Waals surface area contributed by atoms with E-state index in [4.69, 9.17) is 27.9 Å². The summed E-state index contributed by atoms with van der Waals surface area (Å²) in [6.45, 7) is 2.70. The fourth-order valence-electron chi connectivity index (χ4n) is 2.51. The minimum absolute atomic E-state index is 0.387. The molecule has 2 aromatic carbocycles. The third-order valence-electron chi connectivity index (χ3n) is 3.82. The number of carboxylic acids is 1. The molecule has 3 rings (SSSR count). The molecule has 0 fully saturated rings. The molecule has 26 heavy (non-hydrogen) atoms. The number of halogens is 2. The number of aromatic nitrogens is 2. The first kappa shape index (κ1) is 18.3. The van der Waals surface area contributed by atoms with Gasteiger partial charge in [-0.3, -0.25) is 4.68 Å². The van der Waals surface area contributed by atoms with Gasteiger partial charge in [0.25, 0.3) is 0 Å². The molecule has 1 N–H and O–H groups in total. The molecule has 134 valence electrons. The Bertz CT molecular complexity index is 923. The van der Waals surface area contributed by atoms with E-state index in [2.05, 4.69) is 5.10 Å². The first-order chi connectivity index (χ1) is 12.5. The number of rotatable bonds is 6. The van der Waals surface area contributed by atoms with Crippen LogP contribution in [0, 0.1) is 0 Å². The predicted octanol–water partition coefficient (Wildman–Crippen LogP) is 5.08. The van der Waals surface area contributed by atoms with Crippen LogP contribution in [-0.4, -0.2) is 20.9 Å². The summed E-state index contributed by atoms with van der Waals surface area (Å²) in [7, 11) is 0. The highest BCUT2D eigenvalue weighted by molar-refractivity contribution is 6.31. The van der Waals surface area contributed by atoms with Crippen molar-refractivity contribution in [2.75, 3.05) is 0 Å². The number of aliphatic carboxylic acids is 1. The van der Waals surface area contributed by atoms with Crippen molar-refractivity contribution in [2.45, 2.75) is 19.6 Å². The van der Waals surface area contributed by atoms with Crippen molar-refractivity contribution in [1.29, 1.82) is 0 Å². The number of aryl methyl sites for hydroxylation is 1. The molecular weight excluding hydrogens is 375 g/mol. The Morgan fingerprint density at radius 3 is 2.46 bits per heavy atom. The number of hydrogen-bond donors (Lipinski definition) is 1. The second-order valence-electron chi connectivity index (χ2n) is 5.58. The van der Waals surface area contributed by atoms with Crippen LogP contribution in [0.25, 0.3) is 11.3 Å². The lowest BCUT2D eigenvalue weighted by atomic mass is 10.1. The standard InChI is InChI=1S/C19H16Cl2N2O3/c1-2-23-10-9-16(22-23)15-11-14(21)7-8-17(15)26-18(19(24)25)12-3-5-13(20)6-4-12/h3-11,18H,2H2,1H3,(H,24,25). The van der Waals surface area contributed by atoms with Crippen LogP contribution in [0.4, 0.5) is 0 Å². The molecule has 1 heterocycles. The first-order valence-electron chi connectivity index (χ1n) is 7.96. The maximum absolute atomic E-state index is 11.8. The van der Waals surface area contributed by atoms with E-state index in [0.29, 0.717) is 32.6 Å². The van der Waals surface area contributed by atoms with Crippen molar-refractivity contribution in [3.63, 3.8) is 0 Å². The van der Waals surface area contributed by atoms with Gasteiger partial charge >= 0.3 is 5.97 Å². The molecule has 0 radical (unpaired) electrons. The second kappa shape index (κ2) is 7.81. The summed E-state index contributed by atoms with van der Waals surface area (Å²) in [5, 5.41) is 15.1. The Hall–Kier alpha value is -2.50. The van der Waals surface area contributed by atoms with Gasteiger partial charge in [-0.1, -0.05) is 35.3 Å². The first-order valence-corrected chi connectivity index (χ1v) is 8.72. The molecule has 0 aliphatic rings. The van der Waals surface area contributed by atoms with E-state index < -0.39 is 12.1 Å². The number of hydrogen-bond acceptors (Lipinski definition) is 3. The summed E-state index contributed by atoms with van der Waals surface area (Å²) in [6.07, 6.45) is 0.661. The van der Waals surface area contributed by atoms with Crippen molar-refractivity contribution in [3.05, 3.63) is 70.3 Å². The molecule has 1 aromatic heterocycles. The molecule has 0 amide bonds. The Morgan fingerprint density at radius 1 is 1.15 bits per heavy atom. The van der Waals surface area contributed by atoms with Gasteiger partial charge in [-0.25, -0.2) is 4.79 Å². The molecule has 0 saturated heterocycles. The van der Waals surface area contributed by atoms with Gasteiger partial charge in [0.15, 0.2) is 0 Å². The molecule has 1 unspecified atom stereocenters. The highest BCUT2D eigenvalue weighted by Crippen LogP contribution is 2.34. The van der Waals surface area contributed by atoms with E-state index in [0.717, 1.165) is 6.54 Å². The quantitative estimate of drug-likeness (QED) is 0.636. The minimum Gasteiger partial charge on any atom is -0.478 e. The Balaban J connectivity index is 1.99. The highest BCUT2D eigenvalue weighted by atomic mass is 35.5. The van der Waals surface area contributed by atoms with Crippen LogP contribution < -0.4 is 4.74 Å².